The third kappa shape index (κ3) is 6.51. The van der Waals surface area contributed by atoms with Crippen molar-refractivity contribution in [2.24, 2.45) is 4.99 Å². The van der Waals surface area contributed by atoms with Crippen molar-refractivity contribution in [2.75, 3.05) is 45.1 Å². The Hall–Kier alpha value is -2.35. The van der Waals surface area contributed by atoms with E-state index in [-0.39, 0.29) is 5.69 Å². The highest BCUT2D eigenvalue weighted by atomic mass is 16.6. The number of non-ortho nitro benzene ring substituents is 1. The zero-order valence-corrected chi connectivity index (χ0v) is 15.7. The van der Waals surface area contributed by atoms with E-state index in [4.69, 9.17) is 0 Å². The molecule has 1 aromatic carbocycles. The summed E-state index contributed by atoms with van der Waals surface area (Å²) in [7, 11) is 1.78. The molecule has 1 heterocycles. The molecule has 0 amide bonds. The Morgan fingerprint density at radius 2 is 1.96 bits per heavy atom. The first-order chi connectivity index (χ1) is 12.6. The lowest BCUT2D eigenvalue weighted by Crippen LogP contribution is -2.49. The predicted octanol–water partition coefficient (Wildman–Crippen LogP) is 2.05. The quantitative estimate of drug-likeness (QED) is 0.215. The van der Waals surface area contributed by atoms with E-state index in [1.54, 1.807) is 19.2 Å². The van der Waals surface area contributed by atoms with Crippen molar-refractivity contribution in [1.29, 1.82) is 0 Å². The smallest absolute Gasteiger partial charge is 0.269 e. The van der Waals surface area contributed by atoms with Crippen molar-refractivity contribution in [3.8, 4) is 0 Å². The van der Waals surface area contributed by atoms with Crippen molar-refractivity contribution >= 4 is 17.3 Å². The molecular formula is C18H30N6O2. The van der Waals surface area contributed by atoms with Gasteiger partial charge in [-0.3, -0.25) is 15.1 Å². The zero-order chi connectivity index (χ0) is 18.8. The third-order valence-electron chi connectivity index (χ3n) is 4.52. The summed E-state index contributed by atoms with van der Waals surface area (Å²) in [6.45, 7) is 7.11. The molecule has 2 rings (SSSR count). The van der Waals surface area contributed by atoms with Gasteiger partial charge in [-0.2, -0.15) is 0 Å². The molecule has 8 nitrogen and oxygen atoms in total. The Labute approximate surface area is 155 Å². The van der Waals surface area contributed by atoms with Crippen LogP contribution in [0.25, 0.3) is 0 Å². The standard InChI is InChI=1S/C18H30N6O2/c1-3-12-23-13-8-16(9-14-23)22-18(19-2)21-11-10-20-15-4-6-17(7-5-15)24(25)26/h4-7,16,20H,3,8-14H2,1-2H3,(H2,19,21,22). The van der Waals surface area contributed by atoms with E-state index in [2.05, 4.69) is 32.8 Å². The van der Waals surface area contributed by atoms with E-state index >= 15 is 0 Å². The molecule has 3 N–H and O–H groups in total. The maximum Gasteiger partial charge on any atom is 0.269 e. The summed E-state index contributed by atoms with van der Waals surface area (Å²) in [5, 5.41) is 20.7. The zero-order valence-electron chi connectivity index (χ0n) is 15.7. The monoisotopic (exact) mass is 362 g/mol. The van der Waals surface area contributed by atoms with Crippen molar-refractivity contribution in [1.82, 2.24) is 15.5 Å². The summed E-state index contributed by atoms with van der Waals surface area (Å²) in [6, 6.07) is 6.91. The molecule has 144 valence electrons. The number of aliphatic imine (C=N–C) groups is 1. The molecule has 0 aliphatic carbocycles. The number of hydrogen-bond acceptors (Lipinski definition) is 5. The highest BCUT2D eigenvalue weighted by Gasteiger charge is 2.19. The number of rotatable bonds is 8. The van der Waals surface area contributed by atoms with Crippen LogP contribution in [0.5, 0.6) is 0 Å². The van der Waals surface area contributed by atoms with Crippen LogP contribution in [0.1, 0.15) is 26.2 Å². The molecule has 1 fully saturated rings. The Kier molecular flexibility index (Phi) is 8.14. The summed E-state index contributed by atoms with van der Waals surface area (Å²) in [5.41, 5.74) is 0.965. The Morgan fingerprint density at radius 1 is 1.27 bits per heavy atom. The molecule has 0 atom stereocenters. The van der Waals surface area contributed by atoms with Crippen LogP contribution in [0.2, 0.25) is 0 Å². The van der Waals surface area contributed by atoms with Gasteiger partial charge in [-0.15, -0.1) is 0 Å². The Bertz CT molecular complexity index is 582. The number of likely N-dealkylation sites (tertiary alicyclic amines) is 1. The van der Waals surface area contributed by atoms with Gasteiger partial charge in [0.25, 0.3) is 5.69 Å². The molecule has 0 bridgehead atoms. The minimum absolute atomic E-state index is 0.100. The van der Waals surface area contributed by atoms with Gasteiger partial charge in [0.1, 0.15) is 0 Å². The summed E-state index contributed by atoms with van der Waals surface area (Å²) >= 11 is 0. The molecular weight excluding hydrogens is 332 g/mol. The number of anilines is 1. The van der Waals surface area contributed by atoms with Gasteiger partial charge < -0.3 is 20.9 Å². The van der Waals surface area contributed by atoms with E-state index < -0.39 is 4.92 Å². The second kappa shape index (κ2) is 10.6. The normalized spacial score (nSPS) is 16.3. The topological polar surface area (TPSA) is 94.8 Å². The van der Waals surface area contributed by atoms with Crippen molar-refractivity contribution in [3.05, 3.63) is 34.4 Å². The maximum atomic E-state index is 10.6. The molecule has 1 saturated heterocycles. The van der Waals surface area contributed by atoms with Gasteiger partial charge in [0.2, 0.25) is 0 Å². The summed E-state index contributed by atoms with van der Waals surface area (Å²) in [6.07, 6.45) is 3.49. The summed E-state index contributed by atoms with van der Waals surface area (Å²) in [4.78, 5) is 17.1. The first-order valence-electron chi connectivity index (χ1n) is 9.30. The minimum Gasteiger partial charge on any atom is -0.383 e. The number of guanidine groups is 1. The van der Waals surface area contributed by atoms with Gasteiger partial charge in [-0.05, 0) is 37.9 Å². The number of hydrogen-bond donors (Lipinski definition) is 3. The van der Waals surface area contributed by atoms with Crippen molar-refractivity contribution in [2.45, 2.75) is 32.2 Å². The number of piperidine rings is 1. The average molecular weight is 362 g/mol. The molecule has 0 spiro atoms. The number of nitro groups is 1. The van der Waals surface area contributed by atoms with Crippen LogP contribution in [0.15, 0.2) is 29.3 Å². The van der Waals surface area contributed by atoms with Gasteiger partial charge >= 0.3 is 0 Å². The number of nitrogens with one attached hydrogen (secondary N) is 3. The van der Waals surface area contributed by atoms with Gasteiger partial charge in [0.05, 0.1) is 4.92 Å². The third-order valence-corrected chi connectivity index (χ3v) is 4.52. The molecule has 26 heavy (non-hydrogen) atoms. The van der Waals surface area contributed by atoms with Crippen molar-refractivity contribution < 1.29 is 4.92 Å². The highest BCUT2D eigenvalue weighted by molar-refractivity contribution is 5.80. The van der Waals surface area contributed by atoms with E-state index in [1.807, 2.05) is 0 Å². The van der Waals surface area contributed by atoms with Crippen LogP contribution in [-0.4, -0.2) is 61.6 Å². The van der Waals surface area contributed by atoms with Crippen LogP contribution >= 0.6 is 0 Å². The molecule has 0 unspecified atom stereocenters. The molecule has 0 radical (unpaired) electrons. The summed E-state index contributed by atoms with van der Waals surface area (Å²) in [5.74, 6) is 0.824. The van der Waals surface area contributed by atoms with E-state index in [1.165, 1.54) is 25.1 Å². The van der Waals surface area contributed by atoms with E-state index in [9.17, 15) is 10.1 Å². The molecule has 8 heteroatoms. The lowest BCUT2D eigenvalue weighted by atomic mass is 10.1. The fourth-order valence-electron chi connectivity index (χ4n) is 3.09. The van der Waals surface area contributed by atoms with Gasteiger partial charge in [-0.1, -0.05) is 6.92 Å². The SMILES string of the molecule is CCCN1CCC(NC(=NC)NCCNc2ccc([N+](=O)[O-])cc2)CC1. The van der Waals surface area contributed by atoms with Crippen LogP contribution in [0.3, 0.4) is 0 Å². The second-order valence-electron chi connectivity index (χ2n) is 6.49. The second-order valence-corrected chi connectivity index (χ2v) is 6.49. The van der Waals surface area contributed by atoms with Crippen LogP contribution in [0, 0.1) is 10.1 Å². The number of nitro benzene ring substituents is 1. The number of benzene rings is 1. The van der Waals surface area contributed by atoms with Crippen molar-refractivity contribution in [3.63, 3.8) is 0 Å². The van der Waals surface area contributed by atoms with E-state index in [0.717, 1.165) is 37.6 Å². The van der Waals surface area contributed by atoms with E-state index in [0.29, 0.717) is 19.1 Å². The molecule has 0 saturated carbocycles. The fraction of sp³-hybridized carbons (Fsp3) is 0.611. The fourth-order valence-corrected chi connectivity index (χ4v) is 3.09. The molecule has 0 aromatic heterocycles. The molecule has 1 aliphatic heterocycles. The Morgan fingerprint density at radius 3 is 2.54 bits per heavy atom. The van der Waals surface area contributed by atoms with Gasteiger partial charge in [-0.25, -0.2) is 0 Å². The first-order valence-corrected chi connectivity index (χ1v) is 9.30. The van der Waals surface area contributed by atoms with Crippen LogP contribution in [0.4, 0.5) is 11.4 Å². The average Bonchev–Trinajstić information content (AvgIpc) is 2.66. The number of nitrogens with zero attached hydrogens (tertiary/aromatic N) is 3. The maximum absolute atomic E-state index is 10.6. The minimum atomic E-state index is -0.395. The molecule has 1 aromatic rings. The Balaban J connectivity index is 1.65. The highest BCUT2D eigenvalue weighted by Crippen LogP contribution is 2.15. The summed E-state index contributed by atoms with van der Waals surface area (Å²) < 4.78 is 0. The first kappa shape index (κ1) is 20.0. The lowest BCUT2D eigenvalue weighted by Gasteiger charge is -2.32. The largest absolute Gasteiger partial charge is 0.383 e. The predicted molar refractivity (Wildman–Crippen MR) is 106 cm³/mol. The van der Waals surface area contributed by atoms with Crippen LogP contribution < -0.4 is 16.0 Å². The molecule has 1 aliphatic rings. The van der Waals surface area contributed by atoms with Gasteiger partial charge in [0, 0.05) is 57.1 Å². The van der Waals surface area contributed by atoms with Gasteiger partial charge in [0.15, 0.2) is 5.96 Å². The van der Waals surface area contributed by atoms with Crippen LogP contribution in [-0.2, 0) is 0 Å². The lowest BCUT2D eigenvalue weighted by molar-refractivity contribution is -0.384.